The molecular weight excluding hydrogens is 452 g/mol. The number of benzene rings is 2. The van der Waals surface area contributed by atoms with Crippen LogP contribution in [0.1, 0.15) is 5.56 Å². The Labute approximate surface area is 181 Å². The first-order valence-corrected chi connectivity index (χ1v) is 12.6. The van der Waals surface area contributed by atoms with Crippen LogP contribution in [0.5, 0.6) is 11.5 Å². The van der Waals surface area contributed by atoms with Crippen LogP contribution in [-0.2, 0) is 20.0 Å². The first kappa shape index (κ1) is 21.4. The smallest absolute Gasteiger partial charge is 0.243 e. The number of ether oxygens (including phenoxy) is 2. The van der Waals surface area contributed by atoms with Gasteiger partial charge in [-0.1, -0.05) is 17.7 Å². The average Bonchev–Trinajstić information content (AvgIpc) is 2.75. The lowest BCUT2D eigenvalue weighted by Crippen LogP contribution is -2.50. The summed E-state index contributed by atoms with van der Waals surface area (Å²) >= 11 is 6.07. The van der Waals surface area contributed by atoms with Crippen molar-refractivity contribution in [3.8, 4) is 11.5 Å². The molecule has 8 nitrogen and oxygen atoms in total. The summed E-state index contributed by atoms with van der Waals surface area (Å²) in [4.78, 5) is 0.229. The molecule has 1 saturated heterocycles. The molecule has 30 heavy (non-hydrogen) atoms. The Bertz CT molecular complexity index is 1180. The fourth-order valence-corrected chi connectivity index (χ4v) is 6.83. The Morgan fingerprint density at radius 2 is 1.43 bits per heavy atom. The largest absolute Gasteiger partial charge is 0.486 e. The van der Waals surface area contributed by atoms with Crippen molar-refractivity contribution in [2.24, 2.45) is 0 Å². The minimum atomic E-state index is -3.79. The van der Waals surface area contributed by atoms with E-state index in [4.69, 9.17) is 21.1 Å². The highest BCUT2D eigenvalue weighted by Gasteiger charge is 2.35. The molecule has 0 aromatic heterocycles. The van der Waals surface area contributed by atoms with Gasteiger partial charge in [-0.15, -0.1) is 0 Å². The predicted molar refractivity (Wildman–Crippen MR) is 111 cm³/mol. The monoisotopic (exact) mass is 472 g/mol. The van der Waals surface area contributed by atoms with Crippen LogP contribution in [0.3, 0.4) is 0 Å². The maximum Gasteiger partial charge on any atom is 0.243 e. The Hall–Kier alpha value is -1.85. The van der Waals surface area contributed by atoms with Gasteiger partial charge in [-0.25, -0.2) is 16.8 Å². The molecule has 0 atom stereocenters. The molecule has 0 aliphatic carbocycles. The van der Waals surface area contributed by atoms with Crippen molar-refractivity contribution in [1.82, 2.24) is 8.61 Å². The maximum absolute atomic E-state index is 13.0. The van der Waals surface area contributed by atoms with Crippen LogP contribution in [0.25, 0.3) is 0 Å². The standard InChI is InChI=1S/C19H21ClN2O6S2/c1-14-16(20)3-2-4-19(14)30(25,26)22-9-7-21(8-10-22)29(23,24)15-5-6-17-18(13-15)28-12-11-27-17/h2-6,13H,7-12H2,1H3. The van der Waals surface area contributed by atoms with Gasteiger partial charge >= 0.3 is 0 Å². The molecule has 2 heterocycles. The number of fused-ring (bicyclic) bond motifs is 1. The first-order chi connectivity index (χ1) is 14.2. The van der Waals surface area contributed by atoms with Gasteiger partial charge in [0.1, 0.15) is 13.2 Å². The summed E-state index contributed by atoms with van der Waals surface area (Å²) in [5.41, 5.74) is 0.477. The lowest BCUT2D eigenvalue weighted by Gasteiger charge is -2.33. The van der Waals surface area contributed by atoms with E-state index in [0.717, 1.165) is 0 Å². The third-order valence-electron chi connectivity index (χ3n) is 5.18. The molecule has 162 valence electrons. The van der Waals surface area contributed by atoms with Gasteiger partial charge in [-0.05, 0) is 36.8 Å². The van der Waals surface area contributed by atoms with Crippen LogP contribution in [-0.4, -0.2) is 64.8 Å². The van der Waals surface area contributed by atoms with Crippen molar-refractivity contribution in [1.29, 1.82) is 0 Å². The number of nitrogens with zero attached hydrogens (tertiary/aromatic N) is 2. The van der Waals surface area contributed by atoms with Crippen LogP contribution >= 0.6 is 11.6 Å². The summed E-state index contributed by atoms with van der Waals surface area (Å²) < 4.78 is 65.6. The minimum absolute atomic E-state index is 0.0512. The topological polar surface area (TPSA) is 93.2 Å². The molecule has 2 aromatic rings. The highest BCUT2D eigenvalue weighted by molar-refractivity contribution is 7.89. The van der Waals surface area contributed by atoms with Gasteiger partial charge in [0.2, 0.25) is 20.0 Å². The Morgan fingerprint density at radius 1 is 0.833 bits per heavy atom. The van der Waals surface area contributed by atoms with Gasteiger partial charge in [0.25, 0.3) is 0 Å². The van der Waals surface area contributed by atoms with E-state index in [1.165, 1.54) is 26.8 Å². The van der Waals surface area contributed by atoms with E-state index in [9.17, 15) is 16.8 Å². The molecule has 11 heteroatoms. The molecule has 0 spiro atoms. The molecule has 4 rings (SSSR count). The number of sulfonamides is 2. The third kappa shape index (κ3) is 3.78. The highest BCUT2D eigenvalue weighted by Crippen LogP contribution is 2.33. The second kappa shape index (κ2) is 8.01. The van der Waals surface area contributed by atoms with Gasteiger partial charge in [0.05, 0.1) is 9.79 Å². The molecule has 0 unspecified atom stereocenters. The van der Waals surface area contributed by atoms with Crippen molar-refractivity contribution >= 4 is 31.6 Å². The van der Waals surface area contributed by atoms with Gasteiger partial charge in [0, 0.05) is 37.3 Å². The van der Waals surface area contributed by atoms with Gasteiger partial charge < -0.3 is 9.47 Å². The number of piperazine rings is 1. The average molecular weight is 473 g/mol. The molecule has 0 bridgehead atoms. The fraction of sp³-hybridized carbons (Fsp3) is 0.368. The van der Waals surface area contributed by atoms with E-state index in [-0.39, 0.29) is 36.0 Å². The van der Waals surface area contributed by atoms with E-state index in [2.05, 4.69) is 0 Å². The number of hydrogen-bond acceptors (Lipinski definition) is 6. The van der Waals surface area contributed by atoms with E-state index in [1.54, 1.807) is 25.1 Å². The maximum atomic E-state index is 13.0. The van der Waals surface area contributed by atoms with Crippen LogP contribution in [0.15, 0.2) is 46.2 Å². The summed E-state index contributed by atoms with van der Waals surface area (Å²) in [6.45, 7) is 2.64. The Balaban J connectivity index is 1.52. The van der Waals surface area contributed by atoms with Crippen molar-refractivity contribution in [2.45, 2.75) is 16.7 Å². The van der Waals surface area contributed by atoms with Crippen LogP contribution in [0.4, 0.5) is 0 Å². The van der Waals surface area contributed by atoms with Crippen LogP contribution in [0, 0.1) is 6.92 Å². The second-order valence-electron chi connectivity index (χ2n) is 6.98. The summed E-state index contributed by atoms with van der Waals surface area (Å²) in [7, 11) is -7.56. The second-order valence-corrected chi connectivity index (χ2v) is 11.2. The quantitative estimate of drug-likeness (QED) is 0.676. The molecular formula is C19H21ClN2O6S2. The zero-order chi connectivity index (χ0) is 21.5. The lowest BCUT2D eigenvalue weighted by atomic mass is 10.2. The van der Waals surface area contributed by atoms with E-state index < -0.39 is 20.0 Å². The van der Waals surface area contributed by atoms with Crippen molar-refractivity contribution in [2.75, 3.05) is 39.4 Å². The fourth-order valence-electron chi connectivity index (χ4n) is 3.49. The highest BCUT2D eigenvalue weighted by atomic mass is 35.5. The summed E-state index contributed by atoms with van der Waals surface area (Å²) in [5.74, 6) is 0.896. The molecule has 2 aromatic carbocycles. The first-order valence-electron chi connectivity index (χ1n) is 9.36. The third-order valence-corrected chi connectivity index (χ3v) is 9.53. The molecule has 0 N–H and O–H groups in total. The zero-order valence-corrected chi connectivity index (χ0v) is 18.6. The molecule has 0 saturated carbocycles. The van der Waals surface area contributed by atoms with Crippen LogP contribution in [0.2, 0.25) is 5.02 Å². The summed E-state index contributed by atoms with van der Waals surface area (Å²) in [5, 5.41) is 0.371. The lowest BCUT2D eigenvalue weighted by molar-refractivity contribution is 0.171. The SMILES string of the molecule is Cc1c(Cl)cccc1S(=O)(=O)N1CCN(S(=O)(=O)c2ccc3c(c2)OCCO3)CC1. The number of rotatable bonds is 4. The molecule has 0 amide bonds. The van der Waals surface area contributed by atoms with Gasteiger partial charge in [0.15, 0.2) is 11.5 Å². The Kier molecular flexibility index (Phi) is 5.71. The van der Waals surface area contributed by atoms with Crippen molar-refractivity contribution in [3.63, 3.8) is 0 Å². The molecule has 0 radical (unpaired) electrons. The number of halogens is 1. The van der Waals surface area contributed by atoms with E-state index in [1.807, 2.05) is 0 Å². The van der Waals surface area contributed by atoms with Crippen molar-refractivity contribution in [3.05, 3.63) is 47.0 Å². The molecule has 2 aliphatic rings. The number of hydrogen-bond donors (Lipinski definition) is 0. The predicted octanol–water partition coefficient (Wildman–Crippen LogP) is 2.11. The molecule has 1 fully saturated rings. The van der Waals surface area contributed by atoms with Crippen LogP contribution < -0.4 is 9.47 Å². The normalized spacial score (nSPS) is 18.3. The summed E-state index contributed by atoms with van der Waals surface area (Å²) in [6, 6.07) is 9.22. The van der Waals surface area contributed by atoms with E-state index in [0.29, 0.717) is 35.3 Å². The van der Waals surface area contributed by atoms with Gasteiger partial charge in [-0.3, -0.25) is 0 Å². The summed E-state index contributed by atoms with van der Waals surface area (Å²) in [6.07, 6.45) is 0. The van der Waals surface area contributed by atoms with Crippen molar-refractivity contribution < 1.29 is 26.3 Å². The molecule has 2 aliphatic heterocycles. The van der Waals surface area contributed by atoms with E-state index >= 15 is 0 Å². The minimum Gasteiger partial charge on any atom is -0.486 e. The van der Waals surface area contributed by atoms with Gasteiger partial charge in [-0.2, -0.15) is 8.61 Å². The Morgan fingerprint density at radius 3 is 2.10 bits per heavy atom. The zero-order valence-electron chi connectivity index (χ0n) is 16.2.